The Hall–Kier alpha value is -0.880. The molecule has 0 N–H and O–H groups in total. The fourth-order valence-corrected chi connectivity index (χ4v) is 2.89. The molecule has 0 heterocycles. The molecule has 0 aliphatic carbocycles. The molecule has 0 aliphatic heterocycles. The quantitative estimate of drug-likeness (QED) is 0.631. The first-order valence-corrected chi connectivity index (χ1v) is 7.38. The van der Waals surface area contributed by atoms with E-state index in [4.69, 9.17) is 0 Å². The van der Waals surface area contributed by atoms with E-state index in [9.17, 15) is 13.2 Å². The summed E-state index contributed by atoms with van der Waals surface area (Å²) in [6, 6.07) is 4.46. The van der Waals surface area contributed by atoms with Crippen LogP contribution in [0.2, 0.25) is 0 Å². The normalized spacial score (nSPS) is 11.2. The number of hydrogen-bond donors (Lipinski definition) is 0. The molecule has 0 fully saturated rings. The summed E-state index contributed by atoms with van der Waals surface area (Å²) >= 11 is 3.20. The molecule has 0 radical (unpaired) electrons. The van der Waals surface area contributed by atoms with E-state index in [1.54, 1.807) is 6.07 Å². The van der Waals surface area contributed by atoms with Crippen molar-refractivity contribution in [2.75, 3.05) is 13.4 Å². The van der Waals surface area contributed by atoms with Crippen LogP contribution in [0.1, 0.15) is 15.9 Å². The molecule has 88 valence electrons. The number of sulfone groups is 1. The van der Waals surface area contributed by atoms with Crippen molar-refractivity contribution in [3.05, 3.63) is 29.3 Å². The molecule has 0 aliphatic rings. The molecule has 0 saturated heterocycles. The second-order valence-corrected chi connectivity index (χ2v) is 5.76. The SMILES string of the molecule is COC(=O)c1ccc(CBr)c(S(C)(=O)=O)c1. The van der Waals surface area contributed by atoms with Crippen LogP contribution >= 0.6 is 15.9 Å². The first kappa shape index (κ1) is 13.2. The van der Waals surface area contributed by atoms with Gasteiger partial charge in [-0.15, -0.1) is 0 Å². The molecule has 1 aromatic rings. The summed E-state index contributed by atoms with van der Waals surface area (Å²) in [6.45, 7) is 0. The molecule has 1 aromatic carbocycles. The number of carbonyl (C=O) groups is 1. The minimum absolute atomic E-state index is 0.146. The number of methoxy groups -OCH3 is 1. The summed E-state index contributed by atoms with van der Waals surface area (Å²) in [5.41, 5.74) is 0.850. The second kappa shape index (κ2) is 4.97. The highest BCUT2D eigenvalue weighted by Gasteiger charge is 2.16. The van der Waals surface area contributed by atoms with Crippen LogP contribution in [0.4, 0.5) is 0 Å². The molecule has 0 amide bonds. The number of esters is 1. The molecule has 0 saturated carbocycles. The number of carbonyl (C=O) groups excluding carboxylic acids is 1. The third-order valence-electron chi connectivity index (χ3n) is 2.03. The Labute approximate surface area is 103 Å². The second-order valence-electron chi connectivity index (χ2n) is 3.22. The molecule has 1 rings (SSSR count). The van der Waals surface area contributed by atoms with Crippen LogP contribution in [0.5, 0.6) is 0 Å². The van der Waals surface area contributed by atoms with Gasteiger partial charge in [0, 0.05) is 11.6 Å². The number of alkyl halides is 1. The molecule has 0 atom stereocenters. The standard InChI is InChI=1S/C10H11BrO4S/c1-15-10(12)7-3-4-8(6-11)9(5-7)16(2,13)14/h3-5H,6H2,1-2H3. The van der Waals surface area contributed by atoms with Crippen LogP contribution in [-0.4, -0.2) is 27.8 Å². The van der Waals surface area contributed by atoms with E-state index in [2.05, 4.69) is 20.7 Å². The van der Waals surface area contributed by atoms with Gasteiger partial charge >= 0.3 is 5.97 Å². The molecule has 0 aromatic heterocycles. The molecule has 0 spiro atoms. The van der Waals surface area contributed by atoms with Crippen molar-refractivity contribution in [3.8, 4) is 0 Å². The average Bonchev–Trinajstić information content (AvgIpc) is 2.26. The molecular weight excluding hydrogens is 296 g/mol. The van der Waals surface area contributed by atoms with Gasteiger partial charge in [-0.3, -0.25) is 0 Å². The minimum atomic E-state index is -3.35. The summed E-state index contributed by atoms with van der Waals surface area (Å²) in [7, 11) is -2.10. The average molecular weight is 307 g/mol. The highest BCUT2D eigenvalue weighted by molar-refractivity contribution is 9.08. The maximum Gasteiger partial charge on any atom is 0.337 e. The summed E-state index contributed by atoms with van der Waals surface area (Å²) < 4.78 is 27.5. The third kappa shape index (κ3) is 2.82. The van der Waals surface area contributed by atoms with Crippen molar-refractivity contribution in [2.24, 2.45) is 0 Å². The zero-order valence-corrected chi connectivity index (χ0v) is 11.3. The molecule has 4 nitrogen and oxygen atoms in total. The van der Waals surface area contributed by atoms with Crippen molar-refractivity contribution in [1.29, 1.82) is 0 Å². The number of benzene rings is 1. The largest absolute Gasteiger partial charge is 0.465 e. The van der Waals surface area contributed by atoms with Gasteiger partial charge in [0.1, 0.15) is 0 Å². The Morgan fingerprint density at radius 2 is 2.06 bits per heavy atom. The van der Waals surface area contributed by atoms with Gasteiger partial charge < -0.3 is 4.74 Å². The number of ether oxygens (including phenoxy) is 1. The Morgan fingerprint density at radius 1 is 1.44 bits per heavy atom. The number of rotatable bonds is 3. The summed E-state index contributed by atoms with van der Waals surface area (Å²) in [5, 5.41) is 0.414. The fraction of sp³-hybridized carbons (Fsp3) is 0.300. The lowest BCUT2D eigenvalue weighted by Gasteiger charge is -2.07. The van der Waals surface area contributed by atoms with Crippen LogP contribution in [0.3, 0.4) is 0 Å². The van der Waals surface area contributed by atoms with Gasteiger partial charge in [0.15, 0.2) is 9.84 Å². The van der Waals surface area contributed by atoms with Gasteiger partial charge in [0.05, 0.1) is 17.6 Å². The van der Waals surface area contributed by atoms with Gasteiger partial charge in [-0.2, -0.15) is 0 Å². The highest BCUT2D eigenvalue weighted by Crippen LogP contribution is 2.20. The van der Waals surface area contributed by atoms with Crippen molar-refractivity contribution in [1.82, 2.24) is 0 Å². The summed E-state index contributed by atoms with van der Waals surface area (Å²) in [5.74, 6) is -0.550. The maximum atomic E-state index is 11.5. The van der Waals surface area contributed by atoms with Gasteiger partial charge in [0.2, 0.25) is 0 Å². The van der Waals surface area contributed by atoms with Gasteiger partial charge in [-0.25, -0.2) is 13.2 Å². The van der Waals surface area contributed by atoms with Crippen LogP contribution in [-0.2, 0) is 19.9 Å². The summed E-state index contributed by atoms with van der Waals surface area (Å²) in [4.78, 5) is 11.4. The van der Waals surface area contributed by atoms with Crippen LogP contribution < -0.4 is 0 Å². The Kier molecular flexibility index (Phi) is 4.09. The Bertz CT molecular complexity index is 508. The van der Waals surface area contributed by atoms with Crippen molar-refractivity contribution in [2.45, 2.75) is 10.2 Å². The monoisotopic (exact) mass is 306 g/mol. The first-order valence-electron chi connectivity index (χ1n) is 4.37. The zero-order valence-electron chi connectivity index (χ0n) is 8.86. The van der Waals surface area contributed by atoms with E-state index in [1.807, 2.05) is 0 Å². The molecular formula is C10H11BrO4S. The fourth-order valence-electron chi connectivity index (χ4n) is 1.25. The molecule has 16 heavy (non-hydrogen) atoms. The Morgan fingerprint density at radius 3 is 2.50 bits per heavy atom. The predicted molar refractivity (Wildman–Crippen MR) is 63.5 cm³/mol. The van der Waals surface area contributed by atoms with E-state index >= 15 is 0 Å². The zero-order chi connectivity index (χ0) is 12.3. The highest BCUT2D eigenvalue weighted by atomic mass is 79.9. The van der Waals surface area contributed by atoms with E-state index in [0.29, 0.717) is 10.9 Å². The molecule has 0 bridgehead atoms. The number of halogens is 1. The van der Waals surface area contributed by atoms with Crippen LogP contribution in [0.25, 0.3) is 0 Å². The van der Waals surface area contributed by atoms with Crippen molar-refractivity contribution < 1.29 is 17.9 Å². The lowest BCUT2D eigenvalue weighted by Crippen LogP contribution is -2.06. The van der Waals surface area contributed by atoms with Gasteiger partial charge in [-0.1, -0.05) is 22.0 Å². The molecule has 0 unspecified atom stereocenters. The topological polar surface area (TPSA) is 60.4 Å². The first-order chi connectivity index (χ1) is 7.40. The lowest BCUT2D eigenvalue weighted by molar-refractivity contribution is 0.0600. The smallest absolute Gasteiger partial charge is 0.337 e. The van der Waals surface area contributed by atoms with Gasteiger partial charge in [-0.05, 0) is 17.7 Å². The van der Waals surface area contributed by atoms with E-state index < -0.39 is 15.8 Å². The lowest BCUT2D eigenvalue weighted by atomic mass is 10.1. The third-order valence-corrected chi connectivity index (χ3v) is 3.81. The van der Waals surface area contributed by atoms with Gasteiger partial charge in [0.25, 0.3) is 0 Å². The van der Waals surface area contributed by atoms with Crippen LogP contribution in [0, 0.1) is 0 Å². The predicted octanol–water partition coefficient (Wildman–Crippen LogP) is 1.77. The van der Waals surface area contributed by atoms with E-state index in [1.165, 1.54) is 19.2 Å². The number of hydrogen-bond acceptors (Lipinski definition) is 4. The van der Waals surface area contributed by atoms with E-state index in [-0.39, 0.29) is 10.5 Å². The van der Waals surface area contributed by atoms with Crippen molar-refractivity contribution >= 4 is 31.7 Å². The van der Waals surface area contributed by atoms with Crippen molar-refractivity contribution in [3.63, 3.8) is 0 Å². The van der Waals surface area contributed by atoms with E-state index in [0.717, 1.165) is 6.26 Å². The Balaban J connectivity index is 3.39. The summed E-state index contributed by atoms with van der Waals surface area (Å²) in [6.07, 6.45) is 1.11. The minimum Gasteiger partial charge on any atom is -0.465 e. The van der Waals surface area contributed by atoms with Crippen LogP contribution in [0.15, 0.2) is 23.1 Å². The maximum absolute atomic E-state index is 11.5. The molecule has 6 heteroatoms.